The molecule has 24 heavy (non-hydrogen) atoms. The van der Waals surface area contributed by atoms with E-state index in [-0.39, 0.29) is 5.56 Å². The molecule has 0 saturated heterocycles. The van der Waals surface area contributed by atoms with Gasteiger partial charge in [0.05, 0.1) is 11.3 Å². The summed E-state index contributed by atoms with van der Waals surface area (Å²) in [6, 6.07) is 21.7. The summed E-state index contributed by atoms with van der Waals surface area (Å²) in [4.78, 5) is 17.4. The van der Waals surface area contributed by atoms with E-state index in [1.165, 1.54) is 0 Å². The smallest absolute Gasteiger partial charge is 0.259 e. The average Bonchev–Trinajstić information content (AvgIpc) is 2.64. The van der Waals surface area contributed by atoms with Crippen LogP contribution in [-0.4, -0.2) is 9.55 Å². The topological polar surface area (TPSA) is 34.9 Å². The molecule has 0 bridgehead atoms. The van der Waals surface area contributed by atoms with Crippen molar-refractivity contribution in [1.29, 1.82) is 0 Å². The lowest BCUT2D eigenvalue weighted by Gasteiger charge is -2.15. The second-order valence-corrected chi connectivity index (χ2v) is 5.74. The van der Waals surface area contributed by atoms with Crippen molar-refractivity contribution < 1.29 is 0 Å². The van der Waals surface area contributed by atoms with Gasteiger partial charge in [0.2, 0.25) is 0 Å². The van der Waals surface area contributed by atoms with E-state index in [0.717, 1.165) is 33.2 Å². The number of fused-ring (bicyclic) bond motifs is 1. The summed E-state index contributed by atoms with van der Waals surface area (Å²) in [6.07, 6.45) is 3.58. The molecule has 0 unspecified atom stereocenters. The first kappa shape index (κ1) is 14.4. The van der Waals surface area contributed by atoms with Crippen molar-refractivity contribution in [1.82, 2.24) is 9.55 Å². The predicted molar refractivity (Wildman–Crippen MR) is 97.9 cm³/mol. The monoisotopic (exact) mass is 312 g/mol. The molecule has 4 rings (SSSR count). The number of hydrogen-bond acceptors (Lipinski definition) is 2. The Balaban J connectivity index is 2.16. The lowest BCUT2D eigenvalue weighted by Crippen LogP contribution is -2.21. The molecular weight excluding hydrogens is 296 g/mol. The van der Waals surface area contributed by atoms with Crippen molar-refractivity contribution in [2.75, 3.05) is 0 Å². The van der Waals surface area contributed by atoms with E-state index in [1.807, 2.05) is 80.0 Å². The zero-order chi connectivity index (χ0) is 16.5. The predicted octanol–water partition coefficient (Wildman–Crippen LogP) is 4.27. The molecule has 4 aromatic rings. The standard InChI is InChI=1S/C21H16N2O/c1-23-20(16-10-6-3-7-11-16)18-14-22-13-12-17(18)19(21(23)24)15-8-4-2-5-9-15/h2-14H,1H3. The summed E-state index contributed by atoms with van der Waals surface area (Å²) in [5.74, 6) is 0. The van der Waals surface area contributed by atoms with E-state index in [2.05, 4.69) is 4.98 Å². The van der Waals surface area contributed by atoms with Crippen molar-refractivity contribution in [3.63, 3.8) is 0 Å². The molecule has 116 valence electrons. The van der Waals surface area contributed by atoms with Crippen LogP contribution in [0, 0.1) is 0 Å². The molecule has 0 amide bonds. The van der Waals surface area contributed by atoms with Gasteiger partial charge >= 0.3 is 0 Å². The molecule has 0 aliphatic rings. The van der Waals surface area contributed by atoms with Crippen LogP contribution >= 0.6 is 0 Å². The van der Waals surface area contributed by atoms with E-state index in [9.17, 15) is 4.79 Å². The van der Waals surface area contributed by atoms with Crippen molar-refractivity contribution >= 4 is 10.8 Å². The second kappa shape index (κ2) is 5.78. The fraction of sp³-hybridized carbons (Fsp3) is 0.0476. The van der Waals surface area contributed by atoms with Crippen LogP contribution in [0.3, 0.4) is 0 Å². The highest BCUT2D eigenvalue weighted by molar-refractivity contribution is 6.02. The molecule has 2 aromatic carbocycles. The fourth-order valence-corrected chi connectivity index (χ4v) is 3.20. The highest BCUT2D eigenvalue weighted by Gasteiger charge is 2.16. The van der Waals surface area contributed by atoms with Crippen molar-refractivity contribution in [3.05, 3.63) is 89.5 Å². The van der Waals surface area contributed by atoms with Gasteiger partial charge < -0.3 is 4.57 Å². The van der Waals surface area contributed by atoms with Crippen LogP contribution in [0.25, 0.3) is 33.2 Å². The van der Waals surface area contributed by atoms with Crippen LogP contribution in [0.5, 0.6) is 0 Å². The number of pyridine rings is 2. The molecule has 0 N–H and O–H groups in total. The molecule has 0 aliphatic heterocycles. The number of rotatable bonds is 2. The first-order chi connectivity index (χ1) is 11.8. The molecule has 2 heterocycles. The summed E-state index contributed by atoms with van der Waals surface area (Å²) in [7, 11) is 1.82. The Morgan fingerprint density at radius 1 is 0.792 bits per heavy atom. The third-order valence-corrected chi connectivity index (χ3v) is 4.31. The third kappa shape index (κ3) is 2.22. The lowest BCUT2D eigenvalue weighted by atomic mass is 9.97. The number of nitrogens with zero attached hydrogens (tertiary/aromatic N) is 2. The minimum Gasteiger partial charge on any atom is -0.310 e. The summed E-state index contributed by atoms with van der Waals surface area (Å²) in [5.41, 5.74) is 3.54. The Morgan fingerprint density at radius 2 is 1.42 bits per heavy atom. The molecule has 3 heteroatoms. The summed E-state index contributed by atoms with van der Waals surface area (Å²) in [5, 5.41) is 1.91. The summed E-state index contributed by atoms with van der Waals surface area (Å²) < 4.78 is 1.72. The van der Waals surface area contributed by atoms with E-state index in [4.69, 9.17) is 0 Å². The minimum atomic E-state index is -0.00115. The normalized spacial score (nSPS) is 10.9. The number of benzene rings is 2. The molecule has 3 nitrogen and oxygen atoms in total. The second-order valence-electron chi connectivity index (χ2n) is 5.74. The Bertz CT molecular complexity index is 1070. The van der Waals surface area contributed by atoms with Crippen molar-refractivity contribution in [2.24, 2.45) is 7.05 Å². The molecule has 0 fully saturated rings. The van der Waals surface area contributed by atoms with Gasteiger partial charge in [-0.05, 0) is 17.2 Å². The number of hydrogen-bond donors (Lipinski definition) is 0. The molecule has 0 spiro atoms. The Kier molecular flexibility index (Phi) is 3.47. The lowest BCUT2D eigenvalue weighted by molar-refractivity contribution is 0.881. The molecule has 0 atom stereocenters. The van der Waals surface area contributed by atoms with Gasteiger partial charge in [-0.15, -0.1) is 0 Å². The van der Waals surface area contributed by atoms with Crippen LogP contribution < -0.4 is 5.56 Å². The molecular formula is C21H16N2O. The number of aromatic nitrogens is 2. The highest BCUT2D eigenvalue weighted by atomic mass is 16.1. The van der Waals surface area contributed by atoms with Gasteiger partial charge in [-0.1, -0.05) is 60.7 Å². The van der Waals surface area contributed by atoms with E-state index in [1.54, 1.807) is 10.8 Å². The Labute approximate surface area is 139 Å². The maximum atomic E-state index is 13.1. The van der Waals surface area contributed by atoms with Crippen molar-refractivity contribution in [3.8, 4) is 22.4 Å². The highest BCUT2D eigenvalue weighted by Crippen LogP contribution is 2.31. The van der Waals surface area contributed by atoms with Gasteiger partial charge in [0.15, 0.2) is 0 Å². The van der Waals surface area contributed by atoms with Crippen LogP contribution in [0.15, 0.2) is 83.9 Å². The maximum absolute atomic E-state index is 13.1. The van der Waals surface area contributed by atoms with Gasteiger partial charge in [-0.2, -0.15) is 0 Å². The SMILES string of the molecule is Cn1c(-c2ccccc2)c2cnccc2c(-c2ccccc2)c1=O. The summed E-state index contributed by atoms with van der Waals surface area (Å²) >= 11 is 0. The van der Waals surface area contributed by atoms with Crippen LogP contribution in [0.2, 0.25) is 0 Å². The zero-order valence-corrected chi connectivity index (χ0v) is 13.3. The summed E-state index contributed by atoms with van der Waals surface area (Å²) in [6.45, 7) is 0. The fourth-order valence-electron chi connectivity index (χ4n) is 3.20. The third-order valence-electron chi connectivity index (χ3n) is 4.31. The Hall–Kier alpha value is -3.20. The van der Waals surface area contributed by atoms with Crippen LogP contribution in [-0.2, 0) is 7.05 Å². The minimum absolute atomic E-state index is 0.00115. The molecule has 0 aliphatic carbocycles. The van der Waals surface area contributed by atoms with Gasteiger partial charge in [0, 0.05) is 30.2 Å². The largest absolute Gasteiger partial charge is 0.310 e. The zero-order valence-electron chi connectivity index (χ0n) is 13.3. The molecule has 2 aromatic heterocycles. The first-order valence-electron chi connectivity index (χ1n) is 7.85. The average molecular weight is 312 g/mol. The van der Waals surface area contributed by atoms with E-state index >= 15 is 0 Å². The Morgan fingerprint density at radius 3 is 2.08 bits per heavy atom. The molecule has 0 radical (unpaired) electrons. The quantitative estimate of drug-likeness (QED) is 0.554. The maximum Gasteiger partial charge on any atom is 0.259 e. The van der Waals surface area contributed by atoms with Gasteiger partial charge in [-0.3, -0.25) is 9.78 Å². The van der Waals surface area contributed by atoms with E-state index in [0.29, 0.717) is 0 Å². The first-order valence-corrected chi connectivity index (χ1v) is 7.85. The van der Waals surface area contributed by atoms with Gasteiger partial charge in [-0.25, -0.2) is 0 Å². The van der Waals surface area contributed by atoms with Crippen LogP contribution in [0.1, 0.15) is 0 Å². The molecule has 0 saturated carbocycles. The van der Waals surface area contributed by atoms with Gasteiger partial charge in [0.1, 0.15) is 0 Å². The van der Waals surface area contributed by atoms with Crippen LogP contribution in [0.4, 0.5) is 0 Å². The van der Waals surface area contributed by atoms with E-state index < -0.39 is 0 Å². The van der Waals surface area contributed by atoms with Gasteiger partial charge in [0.25, 0.3) is 5.56 Å². The van der Waals surface area contributed by atoms with Crippen molar-refractivity contribution in [2.45, 2.75) is 0 Å².